The van der Waals surface area contributed by atoms with Crippen molar-refractivity contribution in [3.8, 4) is 0 Å². The highest BCUT2D eigenvalue weighted by Gasteiger charge is 2.35. The van der Waals surface area contributed by atoms with Crippen LogP contribution in [0.25, 0.3) is 0 Å². The topological polar surface area (TPSA) is 46.9 Å². The molecule has 2 aromatic rings. The first-order valence-corrected chi connectivity index (χ1v) is 6.39. The summed E-state index contributed by atoms with van der Waals surface area (Å²) in [6.45, 7) is -0.146. The highest BCUT2D eigenvalue weighted by molar-refractivity contribution is 6.31. The number of carbonyl (C=O) groups excluding carboxylic acids is 1. The molecule has 0 unspecified atom stereocenters. The third kappa shape index (κ3) is 3.56. The van der Waals surface area contributed by atoms with E-state index < -0.39 is 29.0 Å². The maximum Gasteiger partial charge on any atom is 0.417 e. The fourth-order valence-electron chi connectivity index (χ4n) is 1.83. The third-order valence-electron chi connectivity index (χ3n) is 2.80. The van der Waals surface area contributed by atoms with Gasteiger partial charge in [0.25, 0.3) is 5.91 Å². The second-order valence-electron chi connectivity index (χ2n) is 4.47. The smallest absolute Gasteiger partial charge is 0.346 e. The summed E-state index contributed by atoms with van der Waals surface area (Å²) in [7, 11) is 1.61. The molecule has 1 aromatic carbocycles. The van der Waals surface area contributed by atoms with Gasteiger partial charge in [0.1, 0.15) is 11.5 Å². The van der Waals surface area contributed by atoms with Gasteiger partial charge >= 0.3 is 6.18 Å². The van der Waals surface area contributed by atoms with E-state index in [4.69, 9.17) is 11.6 Å². The number of benzene rings is 1. The lowest BCUT2D eigenvalue weighted by atomic mass is 10.1. The van der Waals surface area contributed by atoms with Crippen molar-refractivity contribution >= 4 is 17.5 Å². The fourth-order valence-corrected chi connectivity index (χ4v) is 2.08. The van der Waals surface area contributed by atoms with Crippen molar-refractivity contribution in [2.75, 3.05) is 0 Å². The first kappa shape index (κ1) is 16.3. The van der Waals surface area contributed by atoms with Crippen LogP contribution in [0, 0.1) is 5.82 Å². The lowest BCUT2D eigenvalue weighted by Crippen LogP contribution is -2.26. The van der Waals surface area contributed by atoms with Crippen molar-refractivity contribution in [3.63, 3.8) is 0 Å². The molecule has 1 N–H and O–H groups in total. The fraction of sp³-hybridized carbons (Fsp3) is 0.231. The van der Waals surface area contributed by atoms with Gasteiger partial charge in [-0.05, 0) is 18.2 Å². The number of alkyl halides is 3. The molecule has 1 heterocycles. The van der Waals surface area contributed by atoms with Crippen LogP contribution in [-0.4, -0.2) is 15.7 Å². The average Bonchev–Trinajstić information content (AvgIpc) is 2.73. The number of nitrogens with one attached hydrogen (secondary N) is 1. The van der Waals surface area contributed by atoms with Crippen LogP contribution in [0.5, 0.6) is 0 Å². The van der Waals surface area contributed by atoms with Crippen LogP contribution in [0.1, 0.15) is 21.6 Å². The molecule has 0 bridgehead atoms. The molecule has 0 saturated heterocycles. The van der Waals surface area contributed by atoms with Gasteiger partial charge in [0.15, 0.2) is 0 Å². The molecule has 4 nitrogen and oxygen atoms in total. The van der Waals surface area contributed by atoms with Crippen molar-refractivity contribution < 1.29 is 22.4 Å². The van der Waals surface area contributed by atoms with Crippen LogP contribution in [0.3, 0.4) is 0 Å². The van der Waals surface area contributed by atoms with E-state index in [1.165, 1.54) is 10.9 Å². The average molecular weight is 336 g/mol. The number of carbonyl (C=O) groups is 1. The zero-order chi connectivity index (χ0) is 16.5. The van der Waals surface area contributed by atoms with Gasteiger partial charge in [0.2, 0.25) is 0 Å². The predicted octanol–water partition coefficient (Wildman–Crippen LogP) is 3.16. The Hall–Kier alpha value is -2.09. The number of rotatable bonds is 3. The molecule has 118 valence electrons. The summed E-state index contributed by atoms with van der Waals surface area (Å²) in [6.07, 6.45) is -3.35. The maximum absolute atomic E-state index is 13.0. The number of aromatic nitrogens is 2. The lowest BCUT2D eigenvalue weighted by molar-refractivity contribution is -0.138. The zero-order valence-corrected chi connectivity index (χ0v) is 12.0. The number of amides is 1. The van der Waals surface area contributed by atoms with Gasteiger partial charge in [-0.3, -0.25) is 9.48 Å². The van der Waals surface area contributed by atoms with E-state index in [-0.39, 0.29) is 17.6 Å². The van der Waals surface area contributed by atoms with Crippen LogP contribution in [0.2, 0.25) is 5.02 Å². The van der Waals surface area contributed by atoms with E-state index in [1.54, 1.807) is 7.05 Å². The Morgan fingerprint density at radius 2 is 2.09 bits per heavy atom. The molecule has 1 amide bonds. The van der Waals surface area contributed by atoms with Gasteiger partial charge in [-0.25, -0.2) is 4.39 Å². The summed E-state index contributed by atoms with van der Waals surface area (Å²) in [5.41, 5.74) is -1.69. The molecule has 1 aromatic heterocycles. The standard InChI is InChI=1S/C13H10ClF4N3O/c1-21-6-10(14)11(20-21)5-19-12(22)8-3-2-7(15)4-9(8)13(16,17)18/h2-4,6H,5H2,1H3,(H,19,22). The third-order valence-corrected chi connectivity index (χ3v) is 3.12. The van der Waals surface area contributed by atoms with Gasteiger partial charge in [-0.2, -0.15) is 18.3 Å². The van der Waals surface area contributed by atoms with Crippen LogP contribution >= 0.6 is 11.6 Å². The molecule has 0 aliphatic carbocycles. The van der Waals surface area contributed by atoms with Crippen molar-refractivity contribution in [1.82, 2.24) is 15.1 Å². The van der Waals surface area contributed by atoms with Crippen molar-refractivity contribution in [1.29, 1.82) is 0 Å². The second-order valence-corrected chi connectivity index (χ2v) is 4.87. The van der Waals surface area contributed by atoms with Gasteiger partial charge < -0.3 is 5.32 Å². The summed E-state index contributed by atoms with van der Waals surface area (Å²) in [5.74, 6) is -2.06. The first-order chi connectivity index (χ1) is 10.2. The van der Waals surface area contributed by atoms with E-state index in [0.717, 1.165) is 12.1 Å². The first-order valence-electron chi connectivity index (χ1n) is 6.01. The van der Waals surface area contributed by atoms with Gasteiger partial charge in [0, 0.05) is 13.2 Å². The van der Waals surface area contributed by atoms with Crippen LogP contribution < -0.4 is 5.32 Å². The zero-order valence-electron chi connectivity index (χ0n) is 11.2. The van der Waals surface area contributed by atoms with Gasteiger partial charge in [-0.15, -0.1) is 0 Å². The highest BCUT2D eigenvalue weighted by atomic mass is 35.5. The predicted molar refractivity (Wildman–Crippen MR) is 70.8 cm³/mol. The van der Waals surface area contributed by atoms with Crippen LogP contribution in [-0.2, 0) is 19.8 Å². The normalized spacial score (nSPS) is 11.5. The summed E-state index contributed by atoms with van der Waals surface area (Å²) >= 11 is 5.83. The molecule has 0 aliphatic rings. The Labute approximate surface area is 127 Å². The second kappa shape index (κ2) is 5.96. The number of hydrogen-bond acceptors (Lipinski definition) is 2. The molecule has 0 atom stereocenters. The SMILES string of the molecule is Cn1cc(Cl)c(CNC(=O)c2ccc(F)cc2C(F)(F)F)n1. The minimum absolute atomic E-state index is 0.146. The van der Waals surface area contributed by atoms with Crippen molar-refractivity contribution in [2.24, 2.45) is 7.05 Å². The minimum atomic E-state index is -4.84. The summed E-state index contributed by atoms with van der Waals surface area (Å²) in [6, 6.07) is 1.86. The molecule has 2 rings (SSSR count). The Morgan fingerprint density at radius 1 is 1.41 bits per heavy atom. The monoisotopic (exact) mass is 335 g/mol. The number of nitrogens with zero attached hydrogens (tertiary/aromatic N) is 2. The van der Waals surface area contributed by atoms with Crippen LogP contribution in [0.4, 0.5) is 17.6 Å². The molecule has 0 saturated carbocycles. The Kier molecular flexibility index (Phi) is 4.41. The molecular formula is C13H10ClF4N3O. The Bertz CT molecular complexity index is 712. The lowest BCUT2D eigenvalue weighted by Gasteiger charge is -2.12. The van der Waals surface area contributed by atoms with Crippen LogP contribution in [0.15, 0.2) is 24.4 Å². The Morgan fingerprint density at radius 3 is 2.64 bits per heavy atom. The number of hydrogen-bond donors (Lipinski definition) is 1. The molecule has 0 radical (unpaired) electrons. The summed E-state index contributed by atoms with van der Waals surface area (Å²) in [4.78, 5) is 11.9. The van der Waals surface area contributed by atoms with Crippen molar-refractivity contribution in [2.45, 2.75) is 12.7 Å². The molecule has 0 fully saturated rings. The quantitative estimate of drug-likeness (QED) is 0.876. The molecule has 22 heavy (non-hydrogen) atoms. The molecule has 0 aliphatic heterocycles. The van der Waals surface area contributed by atoms with E-state index in [1.807, 2.05) is 0 Å². The van der Waals surface area contributed by atoms with Crippen molar-refractivity contribution in [3.05, 3.63) is 52.1 Å². The summed E-state index contributed by atoms with van der Waals surface area (Å²) < 4.78 is 52.9. The molecular weight excluding hydrogens is 326 g/mol. The molecule has 9 heteroatoms. The minimum Gasteiger partial charge on any atom is -0.346 e. The van der Waals surface area contributed by atoms with E-state index >= 15 is 0 Å². The van der Waals surface area contributed by atoms with Gasteiger partial charge in [0.05, 0.1) is 22.7 Å². The van der Waals surface area contributed by atoms with E-state index in [9.17, 15) is 22.4 Å². The summed E-state index contributed by atoms with van der Waals surface area (Å²) in [5, 5.41) is 6.50. The largest absolute Gasteiger partial charge is 0.417 e. The van der Waals surface area contributed by atoms with E-state index in [2.05, 4.69) is 10.4 Å². The van der Waals surface area contributed by atoms with Gasteiger partial charge in [-0.1, -0.05) is 11.6 Å². The number of aryl methyl sites for hydroxylation is 1. The molecule has 0 spiro atoms. The van der Waals surface area contributed by atoms with E-state index in [0.29, 0.717) is 5.69 Å². The number of halogens is 5. The highest BCUT2D eigenvalue weighted by Crippen LogP contribution is 2.32. The maximum atomic E-state index is 13.0. The Balaban J connectivity index is 2.21.